The Labute approximate surface area is 121 Å². The summed E-state index contributed by atoms with van der Waals surface area (Å²) in [4.78, 5) is 35.8. The van der Waals surface area contributed by atoms with E-state index in [4.69, 9.17) is 4.74 Å². The average Bonchev–Trinajstić information content (AvgIpc) is 2.74. The summed E-state index contributed by atoms with van der Waals surface area (Å²) in [5, 5.41) is 2.82. The van der Waals surface area contributed by atoms with Gasteiger partial charge in [0.25, 0.3) is 5.56 Å². The van der Waals surface area contributed by atoms with Crippen LogP contribution in [0.5, 0.6) is 0 Å². The minimum atomic E-state index is -0.517. The standard InChI is InChI=1S/C15H16N2O4/c1-4-21-15(20)11-7-5-6-8-12(11)17-14(19)13(10(3)18)9(2)16-17/h5-8,16H,4H2,1-3H3. The van der Waals surface area contributed by atoms with E-state index < -0.39 is 11.5 Å². The molecule has 1 aromatic heterocycles. The Morgan fingerprint density at radius 3 is 2.52 bits per heavy atom. The molecule has 0 aliphatic heterocycles. The van der Waals surface area contributed by atoms with Gasteiger partial charge in [-0.2, -0.15) is 0 Å². The number of hydrogen-bond donors (Lipinski definition) is 1. The second-order valence-electron chi connectivity index (χ2n) is 4.55. The quantitative estimate of drug-likeness (QED) is 0.687. The van der Waals surface area contributed by atoms with Crippen LogP contribution in [0.15, 0.2) is 29.1 Å². The Balaban J connectivity index is 2.64. The van der Waals surface area contributed by atoms with Crippen molar-refractivity contribution in [1.29, 1.82) is 0 Å². The molecule has 0 aliphatic rings. The summed E-state index contributed by atoms with van der Waals surface area (Å²) >= 11 is 0. The van der Waals surface area contributed by atoms with Crippen LogP contribution in [0.2, 0.25) is 0 Å². The molecule has 0 saturated heterocycles. The largest absolute Gasteiger partial charge is 0.462 e. The smallest absolute Gasteiger partial charge is 0.340 e. The first kappa shape index (κ1) is 14.8. The van der Waals surface area contributed by atoms with E-state index in [0.717, 1.165) is 0 Å². The summed E-state index contributed by atoms with van der Waals surface area (Å²) in [5.41, 5.74) is 0.700. The number of benzene rings is 1. The van der Waals surface area contributed by atoms with Crippen LogP contribution in [0.25, 0.3) is 5.69 Å². The molecule has 1 N–H and O–H groups in total. The molecular weight excluding hydrogens is 272 g/mol. The SMILES string of the molecule is CCOC(=O)c1ccccc1-n1[nH]c(C)c(C(C)=O)c1=O. The zero-order valence-electron chi connectivity index (χ0n) is 12.1. The molecule has 0 amide bonds. The van der Waals surface area contributed by atoms with E-state index in [1.165, 1.54) is 11.6 Å². The maximum absolute atomic E-state index is 12.3. The first-order valence-electron chi connectivity index (χ1n) is 6.56. The highest BCUT2D eigenvalue weighted by atomic mass is 16.5. The highest BCUT2D eigenvalue weighted by Gasteiger charge is 2.20. The van der Waals surface area contributed by atoms with Gasteiger partial charge in [-0.15, -0.1) is 0 Å². The third-order valence-corrected chi connectivity index (χ3v) is 3.06. The van der Waals surface area contributed by atoms with E-state index in [-0.39, 0.29) is 23.5 Å². The number of para-hydroxylation sites is 1. The number of ether oxygens (including phenoxy) is 1. The third kappa shape index (κ3) is 2.65. The van der Waals surface area contributed by atoms with Crippen LogP contribution in [0.3, 0.4) is 0 Å². The molecule has 1 aromatic carbocycles. The molecule has 0 radical (unpaired) electrons. The number of hydrogen-bond acceptors (Lipinski definition) is 4. The zero-order valence-corrected chi connectivity index (χ0v) is 12.1. The summed E-state index contributed by atoms with van der Waals surface area (Å²) in [5.74, 6) is -0.835. The lowest BCUT2D eigenvalue weighted by atomic mass is 10.1. The number of nitrogens with zero attached hydrogens (tertiary/aromatic N) is 1. The van der Waals surface area contributed by atoms with Crippen LogP contribution in [0.4, 0.5) is 0 Å². The van der Waals surface area contributed by atoms with Crippen LogP contribution < -0.4 is 5.56 Å². The Bertz CT molecular complexity index is 755. The van der Waals surface area contributed by atoms with Gasteiger partial charge in [0.05, 0.1) is 17.9 Å². The first-order valence-corrected chi connectivity index (χ1v) is 6.56. The van der Waals surface area contributed by atoms with Crippen LogP contribution in [0, 0.1) is 6.92 Å². The molecule has 0 bridgehead atoms. The van der Waals surface area contributed by atoms with Gasteiger partial charge < -0.3 is 4.74 Å². The summed E-state index contributed by atoms with van der Waals surface area (Å²) < 4.78 is 6.17. The molecule has 110 valence electrons. The molecule has 0 aliphatic carbocycles. The number of Topliss-reactive ketones (excluding diaryl/α,β-unsaturated/α-hetero) is 1. The Morgan fingerprint density at radius 1 is 1.29 bits per heavy atom. The molecule has 2 aromatic rings. The third-order valence-electron chi connectivity index (χ3n) is 3.06. The van der Waals surface area contributed by atoms with Crippen LogP contribution in [0.1, 0.15) is 40.3 Å². The lowest BCUT2D eigenvalue weighted by molar-refractivity contribution is 0.0526. The van der Waals surface area contributed by atoms with Crippen LogP contribution in [-0.4, -0.2) is 28.1 Å². The second-order valence-corrected chi connectivity index (χ2v) is 4.55. The number of aromatic amines is 1. The fourth-order valence-corrected chi connectivity index (χ4v) is 2.18. The number of carbonyl (C=O) groups excluding carboxylic acids is 2. The molecule has 1 heterocycles. The van der Waals surface area contributed by atoms with Gasteiger partial charge in [0.15, 0.2) is 5.78 Å². The molecular formula is C15H16N2O4. The lowest BCUT2D eigenvalue weighted by Gasteiger charge is -2.08. The number of aryl methyl sites for hydroxylation is 1. The summed E-state index contributed by atoms with van der Waals surface area (Å²) in [7, 11) is 0. The van der Waals surface area contributed by atoms with Crippen LogP contribution >= 0.6 is 0 Å². The molecule has 0 saturated carbocycles. The van der Waals surface area contributed by atoms with Crippen molar-refractivity contribution in [3.8, 4) is 5.69 Å². The van der Waals surface area contributed by atoms with Crippen molar-refractivity contribution < 1.29 is 14.3 Å². The maximum Gasteiger partial charge on any atom is 0.340 e. The maximum atomic E-state index is 12.3. The van der Waals surface area contributed by atoms with Gasteiger partial charge in [-0.05, 0) is 32.9 Å². The van der Waals surface area contributed by atoms with E-state index in [9.17, 15) is 14.4 Å². The van der Waals surface area contributed by atoms with Crippen LogP contribution in [-0.2, 0) is 4.74 Å². The van der Waals surface area contributed by atoms with Crippen molar-refractivity contribution in [2.24, 2.45) is 0 Å². The Hall–Kier alpha value is -2.63. The number of esters is 1. The Kier molecular flexibility index (Phi) is 4.07. The van der Waals surface area contributed by atoms with Gasteiger partial charge in [-0.3, -0.25) is 14.7 Å². The fraction of sp³-hybridized carbons (Fsp3) is 0.267. The van der Waals surface area contributed by atoms with Crippen molar-refractivity contribution in [3.05, 3.63) is 51.4 Å². The van der Waals surface area contributed by atoms with E-state index >= 15 is 0 Å². The second kappa shape index (κ2) is 5.78. The van der Waals surface area contributed by atoms with E-state index in [1.54, 1.807) is 38.1 Å². The Morgan fingerprint density at radius 2 is 1.95 bits per heavy atom. The van der Waals surface area contributed by atoms with E-state index in [0.29, 0.717) is 11.4 Å². The minimum absolute atomic E-state index is 0.0914. The fourth-order valence-electron chi connectivity index (χ4n) is 2.18. The number of carbonyl (C=O) groups is 2. The van der Waals surface area contributed by atoms with Gasteiger partial charge in [0.1, 0.15) is 5.56 Å². The zero-order chi connectivity index (χ0) is 15.6. The molecule has 0 atom stereocenters. The first-order chi connectivity index (χ1) is 9.97. The van der Waals surface area contributed by atoms with Crippen molar-refractivity contribution in [2.45, 2.75) is 20.8 Å². The highest BCUT2D eigenvalue weighted by molar-refractivity contribution is 5.95. The number of ketones is 1. The van der Waals surface area contributed by atoms with E-state index in [1.807, 2.05) is 0 Å². The average molecular weight is 288 g/mol. The summed E-state index contributed by atoms with van der Waals surface area (Å²) in [6.45, 7) is 4.92. The van der Waals surface area contributed by atoms with E-state index in [2.05, 4.69) is 5.10 Å². The predicted molar refractivity (Wildman–Crippen MR) is 77.1 cm³/mol. The monoisotopic (exact) mass is 288 g/mol. The van der Waals surface area contributed by atoms with Gasteiger partial charge in [0, 0.05) is 5.69 Å². The normalized spacial score (nSPS) is 10.4. The molecule has 6 heteroatoms. The molecule has 0 fully saturated rings. The van der Waals surface area contributed by atoms with Crippen molar-refractivity contribution in [1.82, 2.24) is 9.78 Å². The summed E-state index contributed by atoms with van der Waals surface area (Å²) in [6, 6.07) is 6.58. The van der Waals surface area contributed by atoms with Gasteiger partial charge in [-0.25, -0.2) is 9.48 Å². The summed E-state index contributed by atoms with van der Waals surface area (Å²) in [6.07, 6.45) is 0. The van der Waals surface area contributed by atoms with Crippen molar-refractivity contribution in [3.63, 3.8) is 0 Å². The molecule has 21 heavy (non-hydrogen) atoms. The number of aromatic nitrogens is 2. The molecule has 0 spiro atoms. The molecule has 2 rings (SSSR count). The lowest BCUT2D eigenvalue weighted by Crippen LogP contribution is -2.21. The number of rotatable bonds is 4. The minimum Gasteiger partial charge on any atom is -0.462 e. The molecule has 6 nitrogen and oxygen atoms in total. The van der Waals surface area contributed by atoms with Crippen molar-refractivity contribution >= 4 is 11.8 Å². The topological polar surface area (TPSA) is 81.2 Å². The van der Waals surface area contributed by atoms with Gasteiger partial charge >= 0.3 is 5.97 Å². The molecule has 0 unspecified atom stereocenters. The van der Waals surface area contributed by atoms with Gasteiger partial charge in [-0.1, -0.05) is 12.1 Å². The highest BCUT2D eigenvalue weighted by Crippen LogP contribution is 2.15. The number of nitrogens with one attached hydrogen (secondary N) is 1. The number of H-pyrrole nitrogens is 1. The van der Waals surface area contributed by atoms with Crippen molar-refractivity contribution in [2.75, 3.05) is 6.61 Å². The van der Waals surface area contributed by atoms with Gasteiger partial charge in [0.2, 0.25) is 0 Å². The predicted octanol–water partition coefficient (Wildman–Crippen LogP) is 1.85.